The Morgan fingerprint density at radius 3 is 2.88 bits per heavy atom. The molecule has 0 aromatic carbocycles. The molecule has 3 N–H and O–H groups in total. The summed E-state index contributed by atoms with van der Waals surface area (Å²) in [7, 11) is 0. The molecule has 0 aliphatic rings. The van der Waals surface area contributed by atoms with Crippen LogP contribution in [0, 0.1) is 6.92 Å². The zero-order chi connectivity index (χ0) is 12.4. The lowest BCUT2D eigenvalue weighted by molar-refractivity contribution is 0.215. The van der Waals surface area contributed by atoms with Crippen molar-refractivity contribution < 1.29 is 5.11 Å². The monoisotopic (exact) mass is 250 g/mol. The highest BCUT2D eigenvalue weighted by Gasteiger charge is 2.16. The minimum absolute atomic E-state index is 0.234. The van der Waals surface area contributed by atoms with Gasteiger partial charge in [0.1, 0.15) is 17.7 Å². The van der Waals surface area contributed by atoms with Gasteiger partial charge in [-0.2, -0.15) is 0 Å². The number of aliphatic hydroxyl groups excluding tert-OH is 1. The lowest BCUT2D eigenvalue weighted by Gasteiger charge is -2.12. The van der Waals surface area contributed by atoms with E-state index in [2.05, 4.69) is 15.0 Å². The molecule has 2 aromatic rings. The number of rotatable bonds is 2. The van der Waals surface area contributed by atoms with Gasteiger partial charge in [0.05, 0.1) is 10.7 Å². The molecule has 6 heteroatoms. The first kappa shape index (κ1) is 11.8. The van der Waals surface area contributed by atoms with E-state index < -0.39 is 6.10 Å². The lowest BCUT2D eigenvalue weighted by Crippen LogP contribution is -2.08. The van der Waals surface area contributed by atoms with Gasteiger partial charge in [0.25, 0.3) is 0 Å². The highest BCUT2D eigenvalue weighted by atomic mass is 35.5. The van der Waals surface area contributed by atoms with Crippen molar-refractivity contribution in [1.82, 2.24) is 15.0 Å². The number of nitrogen functional groups attached to an aromatic ring is 1. The van der Waals surface area contributed by atoms with Crippen LogP contribution in [0.25, 0.3) is 0 Å². The van der Waals surface area contributed by atoms with Crippen LogP contribution in [0.15, 0.2) is 24.5 Å². The molecule has 17 heavy (non-hydrogen) atoms. The third-order valence-corrected chi connectivity index (χ3v) is 2.50. The normalized spacial score (nSPS) is 12.4. The van der Waals surface area contributed by atoms with Gasteiger partial charge in [-0.15, -0.1) is 0 Å². The molecular weight excluding hydrogens is 240 g/mol. The highest BCUT2D eigenvalue weighted by Crippen LogP contribution is 2.26. The fourth-order valence-electron chi connectivity index (χ4n) is 1.47. The molecular formula is C11H11ClN4O. The molecule has 88 valence electrons. The van der Waals surface area contributed by atoms with Crippen molar-refractivity contribution in [2.45, 2.75) is 13.0 Å². The van der Waals surface area contributed by atoms with Gasteiger partial charge in [-0.05, 0) is 19.1 Å². The predicted molar refractivity (Wildman–Crippen MR) is 64.5 cm³/mol. The summed E-state index contributed by atoms with van der Waals surface area (Å²) in [5.41, 5.74) is 6.60. The molecule has 0 saturated carbocycles. The molecule has 2 rings (SSSR count). The fraction of sp³-hybridized carbons (Fsp3) is 0.182. The number of aromatic nitrogens is 3. The maximum Gasteiger partial charge on any atom is 0.129 e. The zero-order valence-corrected chi connectivity index (χ0v) is 9.89. The maximum atomic E-state index is 10.2. The van der Waals surface area contributed by atoms with E-state index in [-0.39, 0.29) is 5.82 Å². The second-order valence-corrected chi connectivity index (χ2v) is 4.00. The molecule has 1 atom stereocenters. The first-order valence-electron chi connectivity index (χ1n) is 4.96. The summed E-state index contributed by atoms with van der Waals surface area (Å²) in [6, 6.07) is 3.20. The number of anilines is 1. The van der Waals surface area contributed by atoms with Gasteiger partial charge in [-0.25, -0.2) is 15.0 Å². The van der Waals surface area contributed by atoms with E-state index in [4.69, 9.17) is 17.3 Å². The van der Waals surface area contributed by atoms with Gasteiger partial charge < -0.3 is 10.8 Å². The quantitative estimate of drug-likeness (QED) is 0.844. The maximum absolute atomic E-state index is 10.2. The Hall–Kier alpha value is -1.72. The van der Waals surface area contributed by atoms with Crippen LogP contribution in [0.5, 0.6) is 0 Å². The van der Waals surface area contributed by atoms with E-state index >= 15 is 0 Å². The molecule has 1 unspecified atom stereocenters. The summed E-state index contributed by atoms with van der Waals surface area (Å²) in [4.78, 5) is 12.0. The average Bonchev–Trinajstić information content (AvgIpc) is 2.31. The number of hydrogen-bond donors (Lipinski definition) is 2. The second-order valence-electron chi connectivity index (χ2n) is 3.56. The molecule has 0 saturated heterocycles. The smallest absolute Gasteiger partial charge is 0.129 e. The van der Waals surface area contributed by atoms with Crippen LogP contribution in [0.3, 0.4) is 0 Å². The van der Waals surface area contributed by atoms with Crippen molar-refractivity contribution >= 4 is 17.4 Å². The third-order valence-electron chi connectivity index (χ3n) is 2.29. The predicted octanol–water partition coefficient (Wildman–Crippen LogP) is 1.50. The number of nitrogens with zero attached hydrogens (tertiary/aromatic N) is 3. The van der Waals surface area contributed by atoms with Crippen molar-refractivity contribution in [3.63, 3.8) is 0 Å². The standard InChI is InChI=1S/C11H11ClN4O/c1-6-14-3-2-9(16-6)10(17)8-4-7(12)5-15-11(8)13/h2-5,10,17H,1H3,(H2,13,15). The van der Waals surface area contributed by atoms with Gasteiger partial charge in [0, 0.05) is 18.0 Å². The molecule has 0 amide bonds. The Morgan fingerprint density at radius 1 is 1.41 bits per heavy atom. The molecule has 0 spiro atoms. The van der Waals surface area contributed by atoms with E-state index in [0.717, 1.165) is 0 Å². The Bertz CT molecular complexity index is 547. The number of pyridine rings is 1. The first-order valence-corrected chi connectivity index (χ1v) is 5.34. The van der Waals surface area contributed by atoms with Gasteiger partial charge in [-0.3, -0.25) is 0 Å². The van der Waals surface area contributed by atoms with Crippen LogP contribution in [0.2, 0.25) is 5.02 Å². The van der Waals surface area contributed by atoms with E-state index in [1.807, 2.05) is 0 Å². The second kappa shape index (κ2) is 4.65. The van der Waals surface area contributed by atoms with Crippen LogP contribution in [-0.2, 0) is 0 Å². The van der Waals surface area contributed by atoms with E-state index in [1.165, 1.54) is 6.20 Å². The number of halogens is 1. The van der Waals surface area contributed by atoms with Gasteiger partial charge in [-0.1, -0.05) is 11.6 Å². The average molecular weight is 251 g/mol. The molecule has 0 bridgehead atoms. The molecule has 0 radical (unpaired) electrons. The van der Waals surface area contributed by atoms with E-state index in [1.54, 1.807) is 25.3 Å². The minimum atomic E-state index is -0.956. The van der Waals surface area contributed by atoms with Gasteiger partial charge >= 0.3 is 0 Å². The zero-order valence-electron chi connectivity index (χ0n) is 9.13. The highest BCUT2D eigenvalue weighted by molar-refractivity contribution is 6.30. The Morgan fingerprint density at radius 2 is 2.18 bits per heavy atom. The van der Waals surface area contributed by atoms with Crippen LogP contribution in [0.1, 0.15) is 23.2 Å². The molecule has 5 nitrogen and oxygen atoms in total. The Balaban J connectivity index is 2.43. The molecule has 2 heterocycles. The van der Waals surface area contributed by atoms with Gasteiger partial charge in [0.2, 0.25) is 0 Å². The fourth-order valence-corrected chi connectivity index (χ4v) is 1.64. The topological polar surface area (TPSA) is 84.9 Å². The summed E-state index contributed by atoms with van der Waals surface area (Å²) >= 11 is 5.82. The minimum Gasteiger partial charge on any atom is -0.383 e. The Labute approximate surface area is 103 Å². The Kier molecular flexibility index (Phi) is 3.21. The molecule has 0 fully saturated rings. The summed E-state index contributed by atoms with van der Waals surface area (Å²) in [6.07, 6.45) is 2.05. The van der Waals surface area contributed by atoms with Crippen LogP contribution >= 0.6 is 11.6 Å². The SMILES string of the molecule is Cc1nccc(C(O)c2cc(Cl)cnc2N)n1. The van der Waals surface area contributed by atoms with Crippen LogP contribution < -0.4 is 5.73 Å². The van der Waals surface area contributed by atoms with Crippen molar-refractivity contribution in [2.75, 3.05) is 5.73 Å². The number of aliphatic hydroxyl groups is 1. The molecule has 2 aromatic heterocycles. The number of aryl methyl sites for hydroxylation is 1. The largest absolute Gasteiger partial charge is 0.383 e. The summed E-state index contributed by atoms with van der Waals surface area (Å²) in [5, 5.41) is 10.6. The van der Waals surface area contributed by atoms with Crippen LogP contribution in [0.4, 0.5) is 5.82 Å². The van der Waals surface area contributed by atoms with E-state index in [9.17, 15) is 5.11 Å². The molecule has 0 aliphatic carbocycles. The third kappa shape index (κ3) is 2.51. The van der Waals surface area contributed by atoms with E-state index in [0.29, 0.717) is 22.1 Å². The number of hydrogen-bond acceptors (Lipinski definition) is 5. The van der Waals surface area contributed by atoms with Gasteiger partial charge in [0.15, 0.2) is 0 Å². The van der Waals surface area contributed by atoms with Crippen molar-refractivity contribution in [3.8, 4) is 0 Å². The lowest BCUT2D eigenvalue weighted by atomic mass is 10.1. The summed E-state index contributed by atoms with van der Waals surface area (Å²) in [6.45, 7) is 1.75. The van der Waals surface area contributed by atoms with Crippen molar-refractivity contribution in [2.24, 2.45) is 0 Å². The summed E-state index contributed by atoms with van der Waals surface area (Å²) < 4.78 is 0. The first-order chi connectivity index (χ1) is 8.08. The number of nitrogens with two attached hydrogens (primary N) is 1. The van der Waals surface area contributed by atoms with Crippen molar-refractivity contribution in [1.29, 1.82) is 0 Å². The summed E-state index contributed by atoms with van der Waals surface area (Å²) in [5.74, 6) is 0.813. The van der Waals surface area contributed by atoms with Crippen LogP contribution in [-0.4, -0.2) is 20.1 Å². The molecule has 0 aliphatic heterocycles. The van der Waals surface area contributed by atoms with Crippen molar-refractivity contribution in [3.05, 3.63) is 46.6 Å².